The van der Waals surface area contributed by atoms with E-state index < -0.39 is 5.60 Å². The molecule has 2 aromatic carbocycles. The van der Waals surface area contributed by atoms with E-state index in [1.807, 2.05) is 13.8 Å². The van der Waals surface area contributed by atoms with Gasteiger partial charge in [0, 0.05) is 18.0 Å². The molecule has 2 nitrogen and oxygen atoms in total. The zero-order valence-electron chi connectivity index (χ0n) is 13.3. The number of nitrogens with one attached hydrogen (secondary N) is 1. The average molecular weight is 317 g/mol. The van der Waals surface area contributed by atoms with Crippen LogP contribution in [0.15, 0.2) is 48.5 Å². The minimum Gasteiger partial charge on any atom is -0.390 e. The van der Waals surface area contributed by atoms with Gasteiger partial charge in [-0.2, -0.15) is 0 Å². The highest BCUT2D eigenvalue weighted by Crippen LogP contribution is 2.42. The lowest BCUT2D eigenvalue weighted by molar-refractivity contribution is -0.0526. The largest absolute Gasteiger partial charge is 0.390 e. The Hall–Kier alpha value is -1.78. The van der Waals surface area contributed by atoms with Crippen LogP contribution >= 0.6 is 0 Å². The van der Waals surface area contributed by atoms with Gasteiger partial charge in [0.25, 0.3) is 0 Å². The molecule has 0 radical (unpaired) electrons. The molecule has 1 aliphatic heterocycles. The Morgan fingerprint density at radius 1 is 0.957 bits per heavy atom. The van der Waals surface area contributed by atoms with E-state index in [0.717, 1.165) is 11.1 Å². The van der Waals surface area contributed by atoms with Crippen molar-refractivity contribution in [2.45, 2.75) is 38.0 Å². The van der Waals surface area contributed by atoms with Crippen LogP contribution in [-0.4, -0.2) is 10.7 Å². The lowest BCUT2D eigenvalue weighted by atomic mass is 9.73. The lowest BCUT2D eigenvalue weighted by Gasteiger charge is -2.46. The number of aliphatic hydroxyl groups is 1. The maximum Gasteiger partial charge on any atom is 0.123 e. The van der Waals surface area contributed by atoms with Crippen molar-refractivity contribution in [1.82, 2.24) is 5.32 Å². The molecule has 23 heavy (non-hydrogen) atoms. The second-order valence-electron chi connectivity index (χ2n) is 6.65. The Kier molecular flexibility index (Phi) is 4.21. The van der Waals surface area contributed by atoms with Crippen molar-refractivity contribution in [2.75, 3.05) is 0 Å². The van der Waals surface area contributed by atoms with Crippen molar-refractivity contribution >= 4 is 0 Å². The van der Waals surface area contributed by atoms with Gasteiger partial charge in [-0.05, 0) is 48.7 Å². The average Bonchev–Trinajstić information content (AvgIpc) is 2.51. The fourth-order valence-electron chi connectivity index (χ4n) is 3.34. The van der Waals surface area contributed by atoms with E-state index in [9.17, 15) is 13.9 Å². The predicted octanol–water partition coefficient (Wildman–Crippen LogP) is 4.13. The molecule has 1 saturated heterocycles. The summed E-state index contributed by atoms with van der Waals surface area (Å²) in [6, 6.07) is 12.5. The van der Waals surface area contributed by atoms with Crippen molar-refractivity contribution in [3.63, 3.8) is 0 Å². The molecule has 1 heterocycles. The molecule has 0 amide bonds. The summed E-state index contributed by atoms with van der Waals surface area (Å²) < 4.78 is 26.3. The molecule has 3 rings (SSSR count). The molecule has 2 N–H and O–H groups in total. The maximum absolute atomic E-state index is 13.2. The van der Waals surface area contributed by atoms with Crippen LogP contribution in [0.1, 0.15) is 43.5 Å². The SMILES string of the molecule is CC1C(c2ccc(F)cc2)NC(c2ccc(F)cc2)CC1(C)O. The number of hydrogen-bond donors (Lipinski definition) is 2. The molecular weight excluding hydrogens is 296 g/mol. The number of rotatable bonds is 2. The summed E-state index contributed by atoms with van der Waals surface area (Å²) in [5.41, 5.74) is 1.00. The van der Waals surface area contributed by atoms with E-state index >= 15 is 0 Å². The summed E-state index contributed by atoms with van der Waals surface area (Å²) in [7, 11) is 0. The van der Waals surface area contributed by atoms with Crippen molar-refractivity contribution < 1.29 is 13.9 Å². The van der Waals surface area contributed by atoms with E-state index in [1.54, 1.807) is 24.3 Å². The lowest BCUT2D eigenvalue weighted by Crippen LogP contribution is -2.50. The minimum absolute atomic E-state index is 0.0374. The third-order valence-electron chi connectivity index (χ3n) is 4.98. The van der Waals surface area contributed by atoms with E-state index in [0.29, 0.717) is 6.42 Å². The number of benzene rings is 2. The molecule has 4 heteroatoms. The zero-order valence-corrected chi connectivity index (χ0v) is 13.3. The molecule has 0 aromatic heterocycles. The van der Waals surface area contributed by atoms with Crippen molar-refractivity contribution in [3.05, 3.63) is 71.3 Å². The van der Waals surface area contributed by atoms with Gasteiger partial charge in [0.05, 0.1) is 5.60 Å². The van der Waals surface area contributed by atoms with Gasteiger partial charge in [-0.3, -0.25) is 0 Å². The van der Waals surface area contributed by atoms with Crippen LogP contribution in [0.4, 0.5) is 8.78 Å². The maximum atomic E-state index is 13.2. The van der Waals surface area contributed by atoms with E-state index in [-0.39, 0.29) is 29.6 Å². The van der Waals surface area contributed by atoms with Gasteiger partial charge >= 0.3 is 0 Å². The van der Waals surface area contributed by atoms with Crippen LogP contribution in [0.25, 0.3) is 0 Å². The molecule has 122 valence electrons. The summed E-state index contributed by atoms with van der Waals surface area (Å²) in [6.45, 7) is 3.81. The van der Waals surface area contributed by atoms with Gasteiger partial charge in [-0.25, -0.2) is 8.78 Å². The first-order valence-electron chi connectivity index (χ1n) is 7.86. The predicted molar refractivity (Wildman–Crippen MR) is 85.8 cm³/mol. The second kappa shape index (κ2) is 6.02. The third kappa shape index (κ3) is 3.28. The van der Waals surface area contributed by atoms with Gasteiger partial charge in [0.2, 0.25) is 0 Å². The number of piperidine rings is 1. The van der Waals surface area contributed by atoms with Crippen LogP contribution < -0.4 is 5.32 Å². The fourth-order valence-corrected chi connectivity index (χ4v) is 3.34. The van der Waals surface area contributed by atoms with Crippen molar-refractivity contribution in [2.24, 2.45) is 5.92 Å². The van der Waals surface area contributed by atoms with Crippen LogP contribution in [0.3, 0.4) is 0 Å². The monoisotopic (exact) mass is 317 g/mol. The first-order valence-corrected chi connectivity index (χ1v) is 7.86. The van der Waals surface area contributed by atoms with E-state index in [4.69, 9.17) is 0 Å². The van der Waals surface area contributed by atoms with Crippen molar-refractivity contribution in [1.29, 1.82) is 0 Å². The smallest absolute Gasteiger partial charge is 0.123 e. The topological polar surface area (TPSA) is 32.3 Å². The molecular formula is C19H21F2NO. The Bertz CT molecular complexity index is 667. The summed E-state index contributed by atoms with van der Waals surface area (Å²) in [4.78, 5) is 0. The quantitative estimate of drug-likeness (QED) is 0.873. The molecule has 2 aromatic rings. The van der Waals surface area contributed by atoms with Crippen molar-refractivity contribution in [3.8, 4) is 0 Å². The summed E-state index contributed by atoms with van der Waals surface area (Å²) in [6.07, 6.45) is 0.539. The Balaban J connectivity index is 1.92. The molecule has 4 atom stereocenters. The summed E-state index contributed by atoms with van der Waals surface area (Å²) >= 11 is 0. The third-order valence-corrected chi connectivity index (χ3v) is 4.98. The Morgan fingerprint density at radius 2 is 1.43 bits per heavy atom. The van der Waals surface area contributed by atoms with Gasteiger partial charge < -0.3 is 10.4 Å². The number of hydrogen-bond acceptors (Lipinski definition) is 2. The highest BCUT2D eigenvalue weighted by Gasteiger charge is 2.42. The highest BCUT2D eigenvalue weighted by molar-refractivity contribution is 5.27. The summed E-state index contributed by atoms with van der Waals surface area (Å²) in [5.74, 6) is -0.594. The number of halogens is 2. The minimum atomic E-state index is -0.872. The van der Waals surface area contributed by atoms with Gasteiger partial charge in [-0.1, -0.05) is 31.2 Å². The molecule has 0 bridgehead atoms. The Morgan fingerprint density at radius 3 is 1.96 bits per heavy atom. The van der Waals surface area contributed by atoms with Gasteiger partial charge in [0.1, 0.15) is 11.6 Å². The van der Waals surface area contributed by atoms with Crippen LogP contribution in [0.2, 0.25) is 0 Å². The Labute approximate surface area is 135 Å². The molecule has 0 aliphatic carbocycles. The standard InChI is InChI=1S/C19H21F2NO/c1-12-18(14-5-9-16(21)10-6-14)22-17(11-19(12,2)23)13-3-7-15(20)8-4-13/h3-10,12,17-18,22-23H,11H2,1-2H3. The molecule has 1 fully saturated rings. The van der Waals surface area contributed by atoms with Crippen LogP contribution in [0, 0.1) is 17.6 Å². The zero-order chi connectivity index (χ0) is 16.6. The van der Waals surface area contributed by atoms with Gasteiger partial charge in [0.15, 0.2) is 0 Å². The van der Waals surface area contributed by atoms with Gasteiger partial charge in [-0.15, -0.1) is 0 Å². The first kappa shape index (κ1) is 16.1. The van der Waals surface area contributed by atoms with E-state index in [1.165, 1.54) is 24.3 Å². The highest BCUT2D eigenvalue weighted by atomic mass is 19.1. The van der Waals surface area contributed by atoms with Crippen LogP contribution in [0.5, 0.6) is 0 Å². The van der Waals surface area contributed by atoms with Crippen LogP contribution in [-0.2, 0) is 0 Å². The molecule has 0 spiro atoms. The first-order chi connectivity index (χ1) is 10.9. The normalized spacial score (nSPS) is 31.1. The fraction of sp³-hybridized carbons (Fsp3) is 0.368. The molecule has 4 unspecified atom stereocenters. The molecule has 1 aliphatic rings. The van der Waals surface area contributed by atoms with E-state index in [2.05, 4.69) is 5.32 Å². The molecule has 0 saturated carbocycles. The second-order valence-corrected chi connectivity index (χ2v) is 6.65. The summed E-state index contributed by atoms with van der Waals surface area (Å²) in [5, 5.41) is 14.4.